The number of hydrogen-bond donors (Lipinski definition) is 1. The summed E-state index contributed by atoms with van der Waals surface area (Å²) < 4.78 is 5.58. The predicted octanol–water partition coefficient (Wildman–Crippen LogP) is 4.42. The van der Waals surface area contributed by atoms with Crippen LogP contribution in [0.25, 0.3) is 10.4 Å². The monoisotopic (exact) mass is 276 g/mol. The Balaban J connectivity index is 2.02. The summed E-state index contributed by atoms with van der Waals surface area (Å²) in [5, 5.41) is 4.30. The molecule has 0 bridgehead atoms. The zero-order valence-electron chi connectivity index (χ0n) is 11.5. The van der Waals surface area contributed by atoms with Crippen LogP contribution in [0.15, 0.2) is 30.5 Å². The summed E-state index contributed by atoms with van der Waals surface area (Å²) in [4.78, 5) is 5.56. The number of benzene rings is 1. The highest BCUT2D eigenvalue weighted by Gasteiger charge is 2.04. The summed E-state index contributed by atoms with van der Waals surface area (Å²) in [5.41, 5.74) is 1.19. The van der Waals surface area contributed by atoms with Crippen LogP contribution in [-0.2, 0) is 0 Å². The molecule has 0 atom stereocenters. The van der Waals surface area contributed by atoms with E-state index in [0.717, 1.165) is 36.9 Å². The maximum absolute atomic E-state index is 5.58. The molecule has 0 fully saturated rings. The van der Waals surface area contributed by atoms with Crippen LogP contribution in [0, 0.1) is 0 Å². The molecule has 0 radical (unpaired) electrons. The maximum atomic E-state index is 5.58. The molecule has 0 aliphatic rings. The molecule has 2 rings (SSSR count). The quantitative estimate of drug-likeness (QED) is 0.812. The minimum Gasteiger partial charge on any atom is -0.494 e. The van der Waals surface area contributed by atoms with E-state index in [4.69, 9.17) is 4.74 Å². The van der Waals surface area contributed by atoms with Crippen molar-refractivity contribution in [1.29, 1.82) is 0 Å². The normalized spacial score (nSPS) is 10.4. The van der Waals surface area contributed by atoms with Crippen molar-refractivity contribution in [2.45, 2.75) is 26.7 Å². The molecule has 1 aromatic carbocycles. The second kappa shape index (κ2) is 7.14. The van der Waals surface area contributed by atoms with Gasteiger partial charge in [-0.25, -0.2) is 4.98 Å². The van der Waals surface area contributed by atoms with Gasteiger partial charge in [0, 0.05) is 12.7 Å². The third-order valence-electron chi connectivity index (χ3n) is 2.64. The predicted molar refractivity (Wildman–Crippen MR) is 82.1 cm³/mol. The van der Waals surface area contributed by atoms with Crippen LogP contribution in [0.2, 0.25) is 0 Å². The number of aromatic nitrogens is 1. The number of nitrogens with zero attached hydrogens (tertiary/aromatic N) is 1. The van der Waals surface area contributed by atoms with Gasteiger partial charge in [-0.1, -0.05) is 25.2 Å². The molecule has 102 valence electrons. The first-order valence-electron chi connectivity index (χ1n) is 6.76. The molecule has 0 saturated carbocycles. The zero-order valence-corrected chi connectivity index (χ0v) is 12.3. The van der Waals surface area contributed by atoms with E-state index in [9.17, 15) is 0 Å². The average molecular weight is 276 g/mol. The van der Waals surface area contributed by atoms with Crippen LogP contribution < -0.4 is 10.1 Å². The van der Waals surface area contributed by atoms with Gasteiger partial charge in [0.15, 0.2) is 5.13 Å². The third kappa shape index (κ3) is 3.96. The van der Waals surface area contributed by atoms with Crippen LogP contribution in [0.4, 0.5) is 5.13 Å². The number of anilines is 1. The van der Waals surface area contributed by atoms with Crippen molar-refractivity contribution in [2.24, 2.45) is 0 Å². The Kier molecular flexibility index (Phi) is 5.21. The van der Waals surface area contributed by atoms with Crippen molar-refractivity contribution < 1.29 is 4.74 Å². The summed E-state index contributed by atoms with van der Waals surface area (Å²) in [5.74, 6) is 0.930. The van der Waals surface area contributed by atoms with E-state index in [0.29, 0.717) is 0 Å². The van der Waals surface area contributed by atoms with Gasteiger partial charge in [-0.3, -0.25) is 0 Å². The van der Waals surface area contributed by atoms with Crippen LogP contribution in [0.3, 0.4) is 0 Å². The molecule has 1 N–H and O–H groups in total. The number of nitrogens with one attached hydrogen (secondary N) is 1. The molecule has 19 heavy (non-hydrogen) atoms. The first kappa shape index (κ1) is 13.9. The lowest BCUT2D eigenvalue weighted by Gasteiger charge is -2.04. The molecule has 2 aromatic rings. The molecule has 4 heteroatoms. The topological polar surface area (TPSA) is 34.2 Å². The molecule has 0 spiro atoms. The zero-order chi connectivity index (χ0) is 13.5. The Morgan fingerprint density at radius 3 is 2.63 bits per heavy atom. The number of ether oxygens (including phenoxy) is 1. The van der Waals surface area contributed by atoms with Crippen LogP contribution in [0.1, 0.15) is 26.7 Å². The Morgan fingerprint density at radius 2 is 1.95 bits per heavy atom. The van der Waals surface area contributed by atoms with Gasteiger partial charge in [-0.2, -0.15) is 0 Å². The average Bonchev–Trinajstić information content (AvgIpc) is 2.92. The highest BCUT2D eigenvalue weighted by atomic mass is 32.1. The first-order valence-corrected chi connectivity index (χ1v) is 7.58. The summed E-state index contributed by atoms with van der Waals surface area (Å²) >= 11 is 1.69. The van der Waals surface area contributed by atoms with Gasteiger partial charge in [-0.15, -0.1) is 0 Å². The number of rotatable bonds is 7. The number of hydrogen-bond acceptors (Lipinski definition) is 4. The fourth-order valence-electron chi connectivity index (χ4n) is 1.66. The van der Waals surface area contributed by atoms with Crippen molar-refractivity contribution in [3.8, 4) is 16.2 Å². The van der Waals surface area contributed by atoms with E-state index in [1.54, 1.807) is 11.3 Å². The Bertz CT molecular complexity index is 493. The van der Waals surface area contributed by atoms with Crippen LogP contribution in [0.5, 0.6) is 5.75 Å². The molecule has 1 heterocycles. The van der Waals surface area contributed by atoms with Crippen LogP contribution >= 0.6 is 11.3 Å². The van der Waals surface area contributed by atoms with E-state index in [-0.39, 0.29) is 0 Å². The fraction of sp³-hybridized carbons (Fsp3) is 0.400. The van der Waals surface area contributed by atoms with Crippen molar-refractivity contribution in [3.05, 3.63) is 30.5 Å². The van der Waals surface area contributed by atoms with Gasteiger partial charge in [0.2, 0.25) is 0 Å². The fourth-order valence-corrected chi connectivity index (χ4v) is 2.50. The summed E-state index contributed by atoms with van der Waals surface area (Å²) in [6, 6.07) is 8.21. The van der Waals surface area contributed by atoms with Crippen molar-refractivity contribution >= 4 is 16.5 Å². The van der Waals surface area contributed by atoms with E-state index in [1.165, 1.54) is 10.4 Å². The highest BCUT2D eigenvalue weighted by molar-refractivity contribution is 7.18. The van der Waals surface area contributed by atoms with Crippen LogP contribution in [-0.4, -0.2) is 18.1 Å². The van der Waals surface area contributed by atoms with Crippen molar-refractivity contribution in [2.75, 3.05) is 18.5 Å². The highest BCUT2D eigenvalue weighted by Crippen LogP contribution is 2.30. The van der Waals surface area contributed by atoms with E-state index < -0.39 is 0 Å². The van der Waals surface area contributed by atoms with Gasteiger partial charge in [0.05, 0.1) is 11.5 Å². The standard InChI is InChI=1S/C15H20N2OS/c1-3-9-16-15-17-11-14(19-15)12-5-7-13(8-6-12)18-10-4-2/h5-8,11H,3-4,9-10H2,1-2H3,(H,16,17). The molecule has 0 amide bonds. The summed E-state index contributed by atoms with van der Waals surface area (Å²) in [6.45, 7) is 5.99. The SMILES string of the molecule is CCCNc1ncc(-c2ccc(OCCC)cc2)s1. The number of thiazole rings is 1. The second-order valence-corrected chi connectivity index (χ2v) is 5.36. The molecule has 0 aliphatic carbocycles. The third-order valence-corrected chi connectivity index (χ3v) is 3.65. The molecule has 1 aromatic heterocycles. The Labute approximate surface area is 118 Å². The minimum atomic E-state index is 0.769. The van der Waals surface area contributed by atoms with Gasteiger partial charge < -0.3 is 10.1 Å². The lowest BCUT2D eigenvalue weighted by atomic mass is 10.2. The molecule has 0 aliphatic heterocycles. The molecular formula is C15H20N2OS. The summed E-state index contributed by atoms with van der Waals surface area (Å²) in [7, 11) is 0. The maximum Gasteiger partial charge on any atom is 0.183 e. The molecule has 0 unspecified atom stereocenters. The minimum absolute atomic E-state index is 0.769. The largest absolute Gasteiger partial charge is 0.494 e. The van der Waals surface area contributed by atoms with E-state index >= 15 is 0 Å². The first-order chi connectivity index (χ1) is 9.33. The van der Waals surface area contributed by atoms with Gasteiger partial charge >= 0.3 is 0 Å². The van der Waals surface area contributed by atoms with Gasteiger partial charge in [0.1, 0.15) is 5.75 Å². The summed E-state index contributed by atoms with van der Waals surface area (Å²) in [6.07, 6.45) is 4.06. The lowest BCUT2D eigenvalue weighted by Crippen LogP contribution is -1.97. The van der Waals surface area contributed by atoms with Gasteiger partial charge in [0.25, 0.3) is 0 Å². The lowest BCUT2D eigenvalue weighted by molar-refractivity contribution is 0.317. The molecule has 0 saturated heterocycles. The molecular weight excluding hydrogens is 256 g/mol. The Morgan fingerprint density at radius 1 is 1.16 bits per heavy atom. The van der Waals surface area contributed by atoms with Gasteiger partial charge in [-0.05, 0) is 42.7 Å². The smallest absolute Gasteiger partial charge is 0.183 e. The van der Waals surface area contributed by atoms with E-state index in [1.807, 2.05) is 18.3 Å². The Hall–Kier alpha value is -1.55. The van der Waals surface area contributed by atoms with Crippen molar-refractivity contribution in [3.63, 3.8) is 0 Å². The van der Waals surface area contributed by atoms with Crippen molar-refractivity contribution in [1.82, 2.24) is 4.98 Å². The molecule has 3 nitrogen and oxygen atoms in total. The van der Waals surface area contributed by atoms with E-state index in [2.05, 4.69) is 36.3 Å². The second-order valence-electron chi connectivity index (χ2n) is 4.33.